The van der Waals surface area contributed by atoms with Crippen LogP contribution in [0.15, 0.2) is 59.7 Å². The molecule has 2 aromatic carbocycles. The van der Waals surface area contributed by atoms with Gasteiger partial charge in [0.25, 0.3) is 0 Å². The Balaban J connectivity index is 1.84. The second-order valence-electron chi connectivity index (χ2n) is 5.96. The van der Waals surface area contributed by atoms with Crippen LogP contribution in [0.1, 0.15) is 18.5 Å². The van der Waals surface area contributed by atoms with Crippen LogP contribution in [0, 0.1) is 0 Å². The molecule has 5 heteroatoms. The van der Waals surface area contributed by atoms with Crippen molar-refractivity contribution >= 4 is 23.0 Å². The highest BCUT2D eigenvalue weighted by molar-refractivity contribution is 6.33. The van der Waals surface area contributed by atoms with Crippen molar-refractivity contribution in [1.29, 1.82) is 0 Å². The highest BCUT2D eigenvalue weighted by Gasteiger charge is 2.28. The highest BCUT2D eigenvalue weighted by atomic mass is 35.5. The smallest absolute Gasteiger partial charge is 0.154 e. The lowest BCUT2D eigenvalue weighted by Crippen LogP contribution is -3.15. The van der Waals surface area contributed by atoms with Crippen molar-refractivity contribution in [3.8, 4) is 0 Å². The summed E-state index contributed by atoms with van der Waals surface area (Å²) in [4.78, 5) is 1.48. The topological polar surface area (TPSA) is 38.1 Å². The molecule has 0 saturated carbocycles. The molecule has 0 aliphatic carbocycles. The molecule has 0 amide bonds. The summed E-state index contributed by atoms with van der Waals surface area (Å²) in [5, 5.41) is 5.30. The Labute approximate surface area is 148 Å². The number of nitrogens with one attached hydrogen (secondary N) is 2. The molecule has 1 fully saturated rings. The van der Waals surface area contributed by atoms with Crippen LogP contribution in [0.5, 0.6) is 0 Å². The Morgan fingerprint density at radius 2 is 1.75 bits per heavy atom. The number of morpholine rings is 1. The lowest BCUT2D eigenvalue weighted by Gasteiger charge is -2.31. The summed E-state index contributed by atoms with van der Waals surface area (Å²) in [6.07, 6.45) is 0. The first kappa shape index (κ1) is 17.0. The molecule has 1 atom stereocenters. The molecule has 1 aliphatic heterocycles. The first-order valence-corrected chi connectivity index (χ1v) is 8.65. The van der Waals surface area contributed by atoms with Gasteiger partial charge in [-0.25, -0.2) is 0 Å². The van der Waals surface area contributed by atoms with Crippen molar-refractivity contribution in [2.24, 2.45) is 5.10 Å². The second-order valence-corrected chi connectivity index (χ2v) is 6.37. The van der Waals surface area contributed by atoms with Gasteiger partial charge in [0, 0.05) is 5.56 Å². The quantitative estimate of drug-likeness (QED) is 0.646. The van der Waals surface area contributed by atoms with E-state index in [4.69, 9.17) is 16.3 Å². The molecule has 1 aliphatic rings. The van der Waals surface area contributed by atoms with Gasteiger partial charge in [0.2, 0.25) is 0 Å². The van der Waals surface area contributed by atoms with E-state index in [0.717, 1.165) is 37.7 Å². The number of anilines is 1. The lowest BCUT2D eigenvalue weighted by atomic mass is 10.0. The molecule has 1 saturated heterocycles. The monoisotopic (exact) mass is 344 g/mol. The van der Waals surface area contributed by atoms with E-state index in [1.165, 1.54) is 10.5 Å². The number of nitrogens with zero attached hydrogens (tertiary/aromatic N) is 1. The minimum Gasteiger partial charge on any atom is -0.370 e. The van der Waals surface area contributed by atoms with Crippen molar-refractivity contribution < 1.29 is 9.64 Å². The van der Waals surface area contributed by atoms with Crippen molar-refractivity contribution in [3.05, 3.63) is 65.2 Å². The summed E-state index contributed by atoms with van der Waals surface area (Å²) in [5.41, 5.74) is 6.25. The van der Waals surface area contributed by atoms with Crippen LogP contribution in [0.4, 0.5) is 5.69 Å². The van der Waals surface area contributed by atoms with Crippen LogP contribution in [0.25, 0.3) is 0 Å². The van der Waals surface area contributed by atoms with Gasteiger partial charge in [0.15, 0.2) is 6.04 Å². The first-order valence-electron chi connectivity index (χ1n) is 8.27. The van der Waals surface area contributed by atoms with Gasteiger partial charge in [-0.05, 0) is 19.1 Å². The summed E-state index contributed by atoms with van der Waals surface area (Å²) in [5.74, 6) is 0. The Hall–Kier alpha value is -1.88. The van der Waals surface area contributed by atoms with Crippen LogP contribution in [0.2, 0.25) is 5.02 Å². The predicted octanol–water partition coefficient (Wildman–Crippen LogP) is 2.78. The molecule has 2 aromatic rings. The standard InChI is InChI=1S/C19H22ClN3O/c1-15(21-22-18-10-6-5-9-17(18)20)19(16-7-3-2-4-8-16)23-11-13-24-14-12-23/h2-10,19,22H,11-14H2,1H3/p+1/b21-15-/t19-/m1/s1. The number of para-hydroxylation sites is 1. The second kappa shape index (κ2) is 8.29. The molecular formula is C19H23ClN3O+. The minimum absolute atomic E-state index is 0.213. The van der Waals surface area contributed by atoms with Gasteiger partial charge in [-0.2, -0.15) is 5.10 Å². The van der Waals surface area contributed by atoms with Gasteiger partial charge < -0.3 is 9.64 Å². The fraction of sp³-hybridized carbons (Fsp3) is 0.316. The summed E-state index contributed by atoms with van der Waals surface area (Å²) < 4.78 is 5.52. The molecule has 24 heavy (non-hydrogen) atoms. The Kier molecular flexibility index (Phi) is 5.86. The lowest BCUT2D eigenvalue weighted by molar-refractivity contribution is -0.928. The largest absolute Gasteiger partial charge is 0.370 e. The number of benzene rings is 2. The molecule has 3 rings (SSSR count). The number of ether oxygens (including phenoxy) is 1. The zero-order valence-corrected chi connectivity index (χ0v) is 14.6. The fourth-order valence-electron chi connectivity index (χ4n) is 3.10. The predicted molar refractivity (Wildman–Crippen MR) is 98.9 cm³/mol. The van der Waals surface area contributed by atoms with E-state index in [1.807, 2.05) is 30.3 Å². The number of hydrogen-bond acceptors (Lipinski definition) is 3. The van der Waals surface area contributed by atoms with E-state index >= 15 is 0 Å². The zero-order valence-electron chi connectivity index (χ0n) is 13.8. The maximum absolute atomic E-state index is 6.20. The summed E-state index contributed by atoms with van der Waals surface area (Å²) in [6, 6.07) is 18.4. The van der Waals surface area contributed by atoms with Crippen LogP contribution >= 0.6 is 11.6 Å². The average Bonchev–Trinajstić information content (AvgIpc) is 2.63. The van der Waals surface area contributed by atoms with E-state index in [9.17, 15) is 0 Å². The normalized spacial score (nSPS) is 17.5. The van der Waals surface area contributed by atoms with E-state index in [0.29, 0.717) is 5.02 Å². The van der Waals surface area contributed by atoms with Crippen LogP contribution < -0.4 is 10.3 Å². The summed E-state index contributed by atoms with van der Waals surface area (Å²) in [6.45, 7) is 5.63. The Bertz CT molecular complexity index is 684. The third-order valence-electron chi connectivity index (χ3n) is 4.32. The third-order valence-corrected chi connectivity index (χ3v) is 4.65. The van der Waals surface area contributed by atoms with E-state index < -0.39 is 0 Å². The van der Waals surface area contributed by atoms with Crippen molar-refractivity contribution in [2.45, 2.75) is 13.0 Å². The van der Waals surface area contributed by atoms with Gasteiger partial charge in [0.1, 0.15) is 13.1 Å². The number of rotatable bonds is 5. The Morgan fingerprint density at radius 3 is 2.46 bits per heavy atom. The van der Waals surface area contributed by atoms with Crippen molar-refractivity contribution in [3.63, 3.8) is 0 Å². The minimum atomic E-state index is 0.213. The van der Waals surface area contributed by atoms with Crippen molar-refractivity contribution in [1.82, 2.24) is 0 Å². The first-order chi connectivity index (χ1) is 11.8. The summed E-state index contributed by atoms with van der Waals surface area (Å²) in [7, 11) is 0. The third kappa shape index (κ3) is 4.15. The maximum Gasteiger partial charge on any atom is 0.154 e. The molecule has 0 unspecified atom stereocenters. The van der Waals surface area contributed by atoms with E-state index in [-0.39, 0.29) is 6.04 Å². The number of halogens is 1. The van der Waals surface area contributed by atoms with Crippen LogP contribution in [-0.4, -0.2) is 32.0 Å². The van der Waals surface area contributed by atoms with E-state index in [1.54, 1.807) is 0 Å². The molecule has 4 nitrogen and oxygen atoms in total. The van der Waals surface area contributed by atoms with Gasteiger partial charge >= 0.3 is 0 Å². The van der Waals surface area contributed by atoms with Crippen LogP contribution in [0.3, 0.4) is 0 Å². The van der Waals surface area contributed by atoms with E-state index in [2.05, 4.69) is 41.7 Å². The Morgan fingerprint density at radius 1 is 1.08 bits per heavy atom. The summed E-state index contributed by atoms with van der Waals surface area (Å²) >= 11 is 6.20. The molecule has 0 radical (unpaired) electrons. The fourth-order valence-corrected chi connectivity index (χ4v) is 3.28. The van der Waals surface area contributed by atoms with Gasteiger partial charge in [0.05, 0.1) is 29.6 Å². The van der Waals surface area contributed by atoms with Crippen LogP contribution in [-0.2, 0) is 4.74 Å². The average molecular weight is 345 g/mol. The molecule has 2 N–H and O–H groups in total. The SMILES string of the molecule is C/C(=N/Nc1ccccc1Cl)[C@H](c1ccccc1)[NH+]1CCOCC1. The molecule has 1 heterocycles. The van der Waals surface area contributed by atoms with Gasteiger partial charge in [-0.1, -0.05) is 54.1 Å². The molecule has 126 valence electrons. The van der Waals surface area contributed by atoms with Gasteiger partial charge in [-0.15, -0.1) is 0 Å². The molecule has 0 bridgehead atoms. The van der Waals surface area contributed by atoms with Crippen molar-refractivity contribution in [2.75, 3.05) is 31.7 Å². The molecular weight excluding hydrogens is 322 g/mol. The number of hydrazone groups is 1. The molecule has 0 aromatic heterocycles. The zero-order chi connectivity index (χ0) is 16.8. The maximum atomic E-state index is 6.20. The highest BCUT2D eigenvalue weighted by Crippen LogP contribution is 2.21. The van der Waals surface area contributed by atoms with Gasteiger partial charge in [-0.3, -0.25) is 5.43 Å². The number of hydrogen-bond donors (Lipinski definition) is 2. The number of quaternary nitrogens is 1. The molecule has 0 spiro atoms.